The van der Waals surface area contributed by atoms with Crippen LogP contribution in [0.4, 0.5) is 0 Å². The normalized spacial score (nSPS) is 11.9. The average Bonchev–Trinajstić information content (AvgIpc) is 3.48. The number of para-hydroxylation sites is 2. The van der Waals surface area contributed by atoms with Gasteiger partial charge in [0.25, 0.3) is 0 Å². The van der Waals surface area contributed by atoms with Crippen molar-refractivity contribution in [3.05, 3.63) is 127 Å². The van der Waals surface area contributed by atoms with Crippen LogP contribution in [0.1, 0.15) is 0 Å². The molecule has 0 aliphatic heterocycles. The quantitative estimate of drug-likeness (QED) is 0.252. The first kappa shape index (κ1) is 19.5. The predicted molar refractivity (Wildman–Crippen MR) is 151 cm³/mol. The first-order valence-corrected chi connectivity index (χ1v) is 12.3. The first-order valence-electron chi connectivity index (χ1n) is 12.3. The molecule has 0 fully saturated rings. The summed E-state index contributed by atoms with van der Waals surface area (Å²) in [6.45, 7) is 0. The summed E-state index contributed by atoms with van der Waals surface area (Å²) in [5, 5.41) is 7.19. The van der Waals surface area contributed by atoms with Crippen LogP contribution in [0.15, 0.2) is 132 Å². The molecule has 0 radical (unpaired) electrons. The summed E-state index contributed by atoms with van der Waals surface area (Å²) in [7, 11) is 0. The third-order valence-corrected chi connectivity index (χ3v) is 7.37. The molecule has 0 aliphatic rings. The Kier molecular flexibility index (Phi) is 3.97. The highest BCUT2D eigenvalue weighted by molar-refractivity contribution is 6.23. The van der Waals surface area contributed by atoms with Gasteiger partial charge in [-0.05, 0) is 64.4 Å². The van der Waals surface area contributed by atoms with E-state index in [0.29, 0.717) is 0 Å². The van der Waals surface area contributed by atoms with Crippen LogP contribution in [-0.2, 0) is 0 Å². The van der Waals surface area contributed by atoms with E-state index < -0.39 is 0 Å². The van der Waals surface area contributed by atoms with E-state index in [1.807, 2.05) is 12.1 Å². The number of aromatic nitrogens is 1. The minimum absolute atomic E-state index is 0.926. The molecule has 8 aromatic rings. The topological polar surface area (TPSA) is 18.1 Å². The molecule has 0 spiro atoms. The molecule has 0 aliphatic carbocycles. The Morgan fingerprint density at radius 3 is 2.19 bits per heavy atom. The van der Waals surface area contributed by atoms with Crippen molar-refractivity contribution >= 4 is 54.5 Å². The number of benzene rings is 6. The zero-order valence-electron chi connectivity index (χ0n) is 19.5. The van der Waals surface area contributed by atoms with Gasteiger partial charge in [0.1, 0.15) is 11.2 Å². The molecular formula is C34H21NO. The fourth-order valence-corrected chi connectivity index (χ4v) is 5.71. The Morgan fingerprint density at radius 1 is 0.472 bits per heavy atom. The fourth-order valence-electron chi connectivity index (χ4n) is 5.71. The Bertz CT molecular complexity index is 2110. The SMILES string of the molecule is c1cc(-c2ccc3ccccc3c2)cc(-n2c3ccccc3c3c4oc5ccccc5c4ccc32)c1. The van der Waals surface area contributed by atoms with E-state index in [-0.39, 0.29) is 0 Å². The van der Waals surface area contributed by atoms with E-state index in [1.165, 1.54) is 32.8 Å². The third kappa shape index (κ3) is 2.73. The van der Waals surface area contributed by atoms with Crippen molar-refractivity contribution in [1.29, 1.82) is 0 Å². The van der Waals surface area contributed by atoms with Gasteiger partial charge >= 0.3 is 0 Å². The second-order valence-corrected chi connectivity index (χ2v) is 9.40. The summed E-state index contributed by atoms with van der Waals surface area (Å²) in [6.07, 6.45) is 0. The number of hydrogen-bond acceptors (Lipinski definition) is 1. The van der Waals surface area contributed by atoms with E-state index >= 15 is 0 Å². The third-order valence-electron chi connectivity index (χ3n) is 7.37. The van der Waals surface area contributed by atoms with Gasteiger partial charge in [0.15, 0.2) is 0 Å². The van der Waals surface area contributed by atoms with Crippen LogP contribution in [0.2, 0.25) is 0 Å². The molecule has 0 saturated carbocycles. The summed E-state index contributed by atoms with van der Waals surface area (Å²) in [4.78, 5) is 0. The van der Waals surface area contributed by atoms with Gasteiger partial charge in [0, 0.05) is 21.8 Å². The molecule has 2 aromatic heterocycles. The summed E-state index contributed by atoms with van der Waals surface area (Å²) in [5.74, 6) is 0. The van der Waals surface area contributed by atoms with E-state index in [1.54, 1.807) is 0 Å². The van der Waals surface area contributed by atoms with Crippen molar-refractivity contribution in [1.82, 2.24) is 4.57 Å². The maximum absolute atomic E-state index is 6.44. The standard InChI is InChI=1S/C34H21NO/c1-2-9-23-20-25(17-16-22(23)8-1)24-10-7-11-26(21-24)35-30-14-5-3-13-29(30)33-31(35)19-18-28-27-12-4-6-15-32(27)36-34(28)33/h1-21H. The van der Waals surface area contributed by atoms with E-state index in [0.717, 1.165) is 38.5 Å². The monoisotopic (exact) mass is 459 g/mol. The Labute approximate surface area is 207 Å². The Morgan fingerprint density at radius 2 is 1.25 bits per heavy atom. The van der Waals surface area contributed by atoms with Gasteiger partial charge in [-0.25, -0.2) is 0 Å². The van der Waals surface area contributed by atoms with Crippen LogP contribution in [0.5, 0.6) is 0 Å². The lowest BCUT2D eigenvalue weighted by molar-refractivity contribution is 0.673. The number of furan rings is 1. The molecule has 8 rings (SSSR count). The molecule has 0 unspecified atom stereocenters. The molecule has 2 heterocycles. The van der Waals surface area contributed by atoms with Gasteiger partial charge in [0.05, 0.1) is 16.4 Å². The molecule has 6 aromatic carbocycles. The smallest absolute Gasteiger partial charge is 0.145 e. The maximum Gasteiger partial charge on any atom is 0.145 e. The van der Waals surface area contributed by atoms with Crippen molar-refractivity contribution in [3.63, 3.8) is 0 Å². The number of fused-ring (bicyclic) bond motifs is 8. The lowest BCUT2D eigenvalue weighted by atomic mass is 10.0. The highest BCUT2D eigenvalue weighted by atomic mass is 16.3. The molecule has 0 bridgehead atoms. The van der Waals surface area contributed by atoms with Gasteiger partial charge in [-0.2, -0.15) is 0 Å². The number of rotatable bonds is 2. The second kappa shape index (κ2) is 7.34. The van der Waals surface area contributed by atoms with Crippen LogP contribution in [-0.4, -0.2) is 4.57 Å². The number of hydrogen-bond donors (Lipinski definition) is 0. The van der Waals surface area contributed by atoms with Crippen molar-refractivity contribution in [2.24, 2.45) is 0 Å². The summed E-state index contributed by atoms with van der Waals surface area (Å²) < 4.78 is 8.81. The van der Waals surface area contributed by atoms with E-state index in [9.17, 15) is 0 Å². The minimum Gasteiger partial charge on any atom is -0.455 e. The first-order chi connectivity index (χ1) is 17.8. The maximum atomic E-state index is 6.44. The van der Waals surface area contributed by atoms with Crippen LogP contribution in [0, 0.1) is 0 Å². The Balaban J connectivity index is 1.41. The molecule has 0 N–H and O–H groups in total. The average molecular weight is 460 g/mol. The van der Waals surface area contributed by atoms with Crippen LogP contribution in [0.3, 0.4) is 0 Å². The molecule has 36 heavy (non-hydrogen) atoms. The molecule has 0 amide bonds. The van der Waals surface area contributed by atoms with E-state index in [2.05, 4.69) is 120 Å². The van der Waals surface area contributed by atoms with Gasteiger partial charge in [-0.15, -0.1) is 0 Å². The van der Waals surface area contributed by atoms with Crippen molar-refractivity contribution in [2.45, 2.75) is 0 Å². The van der Waals surface area contributed by atoms with Gasteiger partial charge in [-0.1, -0.05) is 84.9 Å². The van der Waals surface area contributed by atoms with Gasteiger partial charge in [-0.3, -0.25) is 0 Å². The molecular weight excluding hydrogens is 438 g/mol. The highest BCUT2D eigenvalue weighted by Crippen LogP contribution is 2.40. The summed E-state index contributed by atoms with van der Waals surface area (Å²) in [6, 6.07) is 45.4. The molecule has 168 valence electrons. The van der Waals surface area contributed by atoms with E-state index in [4.69, 9.17) is 4.42 Å². The minimum atomic E-state index is 0.926. The Hall–Kier alpha value is -4.82. The molecule has 0 atom stereocenters. The van der Waals surface area contributed by atoms with Gasteiger partial charge < -0.3 is 8.98 Å². The molecule has 2 nitrogen and oxygen atoms in total. The molecule has 2 heteroatoms. The predicted octanol–water partition coefficient (Wildman–Crippen LogP) is 9.50. The van der Waals surface area contributed by atoms with Crippen LogP contribution >= 0.6 is 0 Å². The van der Waals surface area contributed by atoms with Crippen LogP contribution in [0.25, 0.3) is 71.3 Å². The lowest BCUT2D eigenvalue weighted by Gasteiger charge is -2.11. The highest BCUT2D eigenvalue weighted by Gasteiger charge is 2.18. The molecule has 0 saturated heterocycles. The largest absolute Gasteiger partial charge is 0.455 e. The fraction of sp³-hybridized carbons (Fsp3) is 0. The summed E-state index contributed by atoms with van der Waals surface area (Å²) in [5.41, 5.74) is 7.77. The zero-order chi connectivity index (χ0) is 23.6. The lowest BCUT2D eigenvalue weighted by Crippen LogP contribution is -1.94. The van der Waals surface area contributed by atoms with Gasteiger partial charge in [0.2, 0.25) is 0 Å². The van der Waals surface area contributed by atoms with Crippen molar-refractivity contribution in [2.75, 3.05) is 0 Å². The summed E-state index contributed by atoms with van der Waals surface area (Å²) >= 11 is 0. The second-order valence-electron chi connectivity index (χ2n) is 9.40. The van der Waals surface area contributed by atoms with Crippen molar-refractivity contribution < 1.29 is 4.42 Å². The zero-order valence-corrected chi connectivity index (χ0v) is 19.5. The van der Waals surface area contributed by atoms with Crippen LogP contribution < -0.4 is 0 Å². The van der Waals surface area contributed by atoms with Crippen molar-refractivity contribution in [3.8, 4) is 16.8 Å². The number of nitrogens with zero attached hydrogens (tertiary/aromatic N) is 1.